The van der Waals surface area contributed by atoms with E-state index < -0.39 is 0 Å². The molecule has 19 heavy (non-hydrogen) atoms. The zero-order valence-electron chi connectivity index (χ0n) is 11.6. The minimum atomic E-state index is 0.141. The summed E-state index contributed by atoms with van der Waals surface area (Å²) in [4.78, 5) is 4.53. The fourth-order valence-electron chi connectivity index (χ4n) is 3.53. The van der Waals surface area contributed by atoms with Crippen molar-refractivity contribution in [3.05, 3.63) is 29.6 Å². The van der Waals surface area contributed by atoms with Gasteiger partial charge in [-0.15, -0.1) is 0 Å². The van der Waals surface area contributed by atoms with Crippen LogP contribution in [0.1, 0.15) is 49.4 Å². The summed E-state index contributed by atoms with van der Waals surface area (Å²) >= 11 is 0. The van der Waals surface area contributed by atoms with Gasteiger partial charge in [0.1, 0.15) is 0 Å². The maximum atomic E-state index is 6.00. The molecule has 0 amide bonds. The van der Waals surface area contributed by atoms with Gasteiger partial charge in [-0.25, -0.2) is 0 Å². The molecule has 1 aliphatic heterocycles. The fourth-order valence-corrected chi connectivity index (χ4v) is 3.53. The van der Waals surface area contributed by atoms with E-state index in [9.17, 15) is 0 Å². The lowest BCUT2D eigenvalue weighted by Gasteiger charge is -2.48. The molecule has 4 heteroatoms. The van der Waals surface area contributed by atoms with Crippen molar-refractivity contribution < 1.29 is 4.74 Å². The molecule has 2 heterocycles. The number of rotatable bonds is 3. The van der Waals surface area contributed by atoms with Crippen molar-refractivity contribution in [2.24, 2.45) is 11.8 Å². The van der Waals surface area contributed by atoms with Crippen LogP contribution < -0.4 is 11.3 Å². The predicted molar refractivity (Wildman–Crippen MR) is 74.3 cm³/mol. The Hall–Kier alpha value is -0.970. The Labute approximate surface area is 114 Å². The highest BCUT2D eigenvalue weighted by Gasteiger charge is 2.44. The number of pyridine rings is 1. The molecule has 0 bridgehead atoms. The Balaban J connectivity index is 1.80. The van der Waals surface area contributed by atoms with E-state index in [0.717, 1.165) is 25.1 Å². The molecule has 2 fully saturated rings. The number of nitrogens with one attached hydrogen (secondary N) is 1. The standard InChI is InChI=1S/C15H23N3O/c1-11-4-2-8-17-13(11)14(18-16)12-5-9-19-15(10-12)6-3-7-15/h2,4,8,12,14,18H,3,5-7,9-10,16H2,1H3. The van der Waals surface area contributed by atoms with Gasteiger partial charge in [0.05, 0.1) is 17.3 Å². The second kappa shape index (κ2) is 5.19. The lowest BCUT2D eigenvalue weighted by Crippen LogP contribution is -2.49. The van der Waals surface area contributed by atoms with Gasteiger partial charge in [-0.3, -0.25) is 16.3 Å². The quantitative estimate of drug-likeness (QED) is 0.647. The van der Waals surface area contributed by atoms with Gasteiger partial charge in [-0.1, -0.05) is 6.07 Å². The molecule has 3 rings (SSSR count). The largest absolute Gasteiger partial charge is 0.375 e. The number of nitrogens with zero attached hydrogens (tertiary/aromatic N) is 1. The summed E-state index contributed by atoms with van der Waals surface area (Å²) in [7, 11) is 0. The van der Waals surface area contributed by atoms with Crippen LogP contribution >= 0.6 is 0 Å². The first-order valence-corrected chi connectivity index (χ1v) is 7.26. The average molecular weight is 261 g/mol. The molecular formula is C15H23N3O. The smallest absolute Gasteiger partial charge is 0.0686 e. The molecule has 2 unspecified atom stereocenters. The lowest BCUT2D eigenvalue weighted by molar-refractivity contribution is -0.147. The van der Waals surface area contributed by atoms with Crippen LogP contribution in [0.4, 0.5) is 0 Å². The monoisotopic (exact) mass is 261 g/mol. The van der Waals surface area contributed by atoms with Crippen LogP contribution in [0.3, 0.4) is 0 Å². The number of hydrazine groups is 1. The number of aryl methyl sites for hydroxylation is 1. The molecule has 1 saturated heterocycles. The third-order valence-electron chi connectivity index (χ3n) is 4.79. The average Bonchev–Trinajstić information content (AvgIpc) is 2.40. The zero-order valence-corrected chi connectivity index (χ0v) is 11.6. The topological polar surface area (TPSA) is 60.2 Å². The first-order valence-electron chi connectivity index (χ1n) is 7.26. The van der Waals surface area contributed by atoms with Gasteiger partial charge < -0.3 is 4.74 Å². The molecule has 1 saturated carbocycles. The maximum Gasteiger partial charge on any atom is 0.0686 e. The summed E-state index contributed by atoms with van der Waals surface area (Å²) in [5.74, 6) is 6.34. The normalized spacial score (nSPS) is 26.9. The molecule has 1 spiro atoms. The number of hydrogen-bond acceptors (Lipinski definition) is 4. The summed E-state index contributed by atoms with van der Waals surface area (Å²) in [6.07, 6.45) is 7.75. The highest BCUT2D eigenvalue weighted by Crippen LogP contribution is 2.47. The van der Waals surface area contributed by atoms with Gasteiger partial charge in [-0.2, -0.15) is 0 Å². The van der Waals surface area contributed by atoms with Crippen LogP contribution in [0.2, 0.25) is 0 Å². The van der Waals surface area contributed by atoms with Crippen molar-refractivity contribution in [3.63, 3.8) is 0 Å². The first-order chi connectivity index (χ1) is 9.24. The van der Waals surface area contributed by atoms with Crippen LogP contribution in [0.5, 0.6) is 0 Å². The van der Waals surface area contributed by atoms with Crippen LogP contribution in [0.25, 0.3) is 0 Å². The highest BCUT2D eigenvalue weighted by molar-refractivity contribution is 5.22. The molecule has 1 aromatic heterocycles. The highest BCUT2D eigenvalue weighted by atomic mass is 16.5. The summed E-state index contributed by atoms with van der Waals surface area (Å²) in [5, 5.41) is 0. The van der Waals surface area contributed by atoms with Crippen LogP contribution in [0, 0.1) is 12.8 Å². The lowest BCUT2D eigenvalue weighted by atomic mass is 9.70. The summed E-state index contributed by atoms with van der Waals surface area (Å²) in [6, 6.07) is 4.22. The van der Waals surface area contributed by atoms with E-state index in [-0.39, 0.29) is 11.6 Å². The van der Waals surface area contributed by atoms with Crippen LogP contribution in [0.15, 0.2) is 18.3 Å². The van der Waals surface area contributed by atoms with E-state index in [1.54, 1.807) is 0 Å². The second-order valence-corrected chi connectivity index (χ2v) is 5.99. The predicted octanol–water partition coefficient (Wildman–Crippen LogP) is 2.24. The third kappa shape index (κ3) is 2.40. The molecule has 1 aromatic rings. The van der Waals surface area contributed by atoms with Crippen molar-refractivity contribution in [3.8, 4) is 0 Å². The molecule has 1 aliphatic carbocycles. The van der Waals surface area contributed by atoms with Crippen molar-refractivity contribution in [2.75, 3.05) is 6.61 Å². The van der Waals surface area contributed by atoms with E-state index in [4.69, 9.17) is 10.6 Å². The van der Waals surface area contributed by atoms with Crippen molar-refractivity contribution in [1.29, 1.82) is 0 Å². The molecule has 2 atom stereocenters. The molecular weight excluding hydrogens is 238 g/mol. The zero-order chi connectivity index (χ0) is 13.3. The Bertz CT molecular complexity index is 445. The minimum Gasteiger partial charge on any atom is -0.375 e. The van der Waals surface area contributed by atoms with Crippen molar-refractivity contribution in [2.45, 2.75) is 50.7 Å². The van der Waals surface area contributed by atoms with Gasteiger partial charge in [0.15, 0.2) is 0 Å². The van der Waals surface area contributed by atoms with E-state index in [2.05, 4.69) is 23.4 Å². The summed E-state index contributed by atoms with van der Waals surface area (Å²) in [6.45, 7) is 2.96. The number of nitrogens with two attached hydrogens (primary N) is 1. The molecule has 3 N–H and O–H groups in total. The van der Waals surface area contributed by atoms with Crippen molar-refractivity contribution >= 4 is 0 Å². The minimum absolute atomic E-state index is 0.141. The van der Waals surface area contributed by atoms with Crippen LogP contribution in [-0.2, 0) is 4.74 Å². The number of hydrogen-bond donors (Lipinski definition) is 2. The molecule has 104 valence electrons. The Morgan fingerprint density at radius 1 is 1.53 bits per heavy atom. The second-order valence-electron chi connectivity index (χ2n) is 5.99. The van der Waals surface area contributed by atoms with E-state index in [1.165, 1.54) is 24.8 Å². The van der Waals surface area contributed by atoms with Gasteiger partial charge in [0.25, 0.3) is 0 Å². The van der Waals surface area contributed by atoms with Crippen molar-refractivity contribution in [1.82, 2.24) is 10.4 Å². The Morgan fingerprint density at radius 3 is 3.00 bits per heavy atom. The van der Waals surface area contributed by atoms with E-state index in [0.29, 0.717) is 5.92 Å². The maximum absolute atomic E-state index is 6.00. The molecule has 2 aliphatic rings. The van der Waals surface area contributed by atoms with Gasteiger partial charge >= 0.3 is 0 Å². The van der Waals surface area contributed by atoms with Gasteiger partial charge in [0, 0.05) is 12.8 Å². The van der Waals surface area contributed by atoms with E-state index >= 15 is 0 Å². The Morgan fingerprint density at radius 2 is 2.37 bits per heavy atom. The molecule has 4 nitrogen and oxygen atoms in total. The summed E-state index contributed by atoms with van der Waals surface area (Å²) in [5.41, 5.74) is 5.45. The summed E-state index contributed by atoms with van der Waals surface area (Å²) < 4.78 is 6.00. The van der Waals surface area contributed by atoms with Crippen LogP contribution in [-0.4, -0.2) is 17.2 Å². The Kier molecular flexibility index (Phi) is 3.56. The van der Waals surface area contributed by atoms with E-state index in [1.807, 2.05) is 12.3 Å². The molecule has 0 aromatic carbocycles. The van der Waals surface area contributed by atoms with Gasteiger partial charge in [-0.05, 0) is 56.6 Å². The van der Waals surface area contributed by atoms with Gasteiger partial charge in [0.2, 0.25) is 0 Å². The SMILES string of the molecule is Cc1cccnc1C(NN)C1CCOC2(CCC2)C1. The number of ether oxygens (including phenoxy) is 1. The molecule has 0 radical (unpaired) electrons. The fraction of sp³-hybridized carbons (Fsp3) is 0.667. The number of aromatic nitrogens is 1. The first kappa shape index (κ1) is 13.0. The third-order valence-corrected chi connectivity index (χ3v) is 4.79.